The molecule has 0 fully saturated rings. The van der Waals surface area contributed by atoms with Gasteiger partial charge in [0.05, 0.1) is 11.4 Å². The molecule has 0 saturated carbocycles. The molecule has 142 valence electrons. The van der Waals surface area contributed by atoms with Gasteiger partial charge in [0.25, 0.3) is 10.0 Å². The van der Waals surface area contributed by atoms with E-state index in [0.29, 0.717) is 35.6 Å². The van der Waals surface area contributed by atoms with Gasteiger partial charge in [0.15, 0.2) is 0 Å². The fraction of sp³-hybridized carbons (Fsp3) is 0.211. The lowest BCUT2D eigenvalue weighted by atomic mass is 10.1. The van der Waals surface area contributed by atoms with E-state index in [0.717, 1.165) is 5.69 Å². The second-order valence-corrected chi connectivity index (χ2v) is 7.83. The van der Waals surface area contributed by atoms with Crippen LogP contribution in [-0.2, 0) is 16.4 Å². The Labute approximate surface area is 157 Å². The van der Waals surface area contributed by atoms with E-state index in [9.17, 15) is 12.8 Å². The second-order valence-electron chi connectivity index (χ2n) is 6.21. The van der Waals surface area contributed by atoms with E-state index >= 15 is 0 Å². The number of hydrogen-bond acceptors (Lipinski definition) is 4. The average Bonchev–Trinajstić information content (AvgIpc) is 2.97. The summed E-state index contributed by atoms with van der Waals surface area (Å²) in [5, 5.41) is 9.79. The van der Waals surface area contributed by atoms with Gasteiger partial charge in [-0.25, -0.2) is 12.8 Å². The lowest BCUT2D eigenvalue weighted by Gasteiger charge is -2.10. The van der Waals surface area contributed by atoms with E-state index < -0.39 is 10.0 Å². The van der Waals surface area contributed by atoms with Crippen molar-refractivity contribution in [3.05, 3.63) is 71.3 Å². The molecule has 3 rings (SSSR count). The number of aryl methyl sites for hydroxylation is 2. The minimum Gasteiger partial charge on any atom is -0.385 e. The Balaban J connectivity index is 1.61. The van der Waals surface area contributed by atoms with Gasteiger partial charge in [-0.2, -0.15) is 5.10 Å². The predicted molar refractivity (Wildman–Crippen MR) is 104 cm³/mol. The molecule has 8 heteroatoms. The molecule has 0 bridgehead atoms. The lowest BCUT2D eigenvalue weighted by molar-refractivity contribution is 0.600. The Hall–Kier alpha value is -2.87. The van der Waals surface area contributed by atoms with Crippen LogP contribution in [0, 0.1) is 19.7 Å². The number of nitrogens with zero attached hydrogens (tertiary/aromatic N) is 1. The molecule has 3 aromatic rings. The molecule has 0 radical (unpaired) electrons. The molecule has 2 aromatic carbocycles. The molecule has 1 heterocycles. The van der Waals surface area contributed by atoms with Gasteiger partial charge in [-0.15, -0.1) is 0 Å². The van der Waals surface area contributed by atoms with E-state index in [1.807, 2.05) is 6.07 Å². The van der Waals surface area contributed by atoms with Crippen LogP contribution in [0.1, 0.15) is 17.0 Å². The van der Waals surface area contributed by atoms with Crippen molar-refractivity contribution < 1.29 is 12.8 Å². The molecule has 0 aliphatic heterocycles. The number of H-pyrrole nitrogens is 1. The fourth-order valence-corrected chi connectivity index (χ4v) is 4.27. The summed E-state index contributed by atoms with van der Waals surface area (Å²) >= 11 is 0. The number of rotatable bonds is 7. The van der Waals surface area contributed by atoms with Crippen molar-refractivity contribution in [1.29, 1.82) is 0 Å². The highest BCUT2D eigenvalue weighted by atomic mass is 32.2. The third-order valence-electron chi connectivity index (χ3n) is 4.15. The number of anilines is 2. The van der Waals surface area contributed by atoms with Gasteiger partial charge in [0, 0.05) is 17.9 Å². The molecule has 0 unspecified atom stereocenters. The van der Waals surface area contributed by atoms with E-state index in [1.54, 1.807) is 50.2 Å². The fourth-order valence-electron chi connectivity index (χ4n) is 2.84. The maximum Gasteiger partial charge on any atom is 0.265 e. The summed E-state index contributed by atoms with van der Waals surface area (Å²) in [5.41, 5.74) is 2.85. The Morgan fingerprint density at radius 2 is 1.70 bits per heavy atom. The molecule has 0 amide bonds. The number of sulfonamides is 1. The number of halogens is 1. The van der Waals surface area contributed by atoms with Gasteiger partial charge in [0.2, 0.25) is 0 Å². The summed E-state index contributed by atoms with van der Waals surface area (Å²) in [6, 6.07) is 13.6. The van der Waals surface area contributed by atoms with Gasteiger partial charge < -0.3 is 5.32 Å². The smallest absolute Gasteiger partial charge is 0.265 e. The summed E-state index contributed by atoms with van der Waals surface area (Å²) in [6.07, 6.45) is 0.556. The number of benzene rings is 2. The molecule has 0 spiro atoms. The summed E-state index contributed by atoms with van der Waals surface area (Å²) < 4.78 is 41.2. The molecule has 1 aromatic heterocycles. The first kappa shape index (κ1) is 18.9. The molecular formula is C19H21FN4O2S. The zero-order valence-corrected chi connectivity index (χ0v) is 15.9. The highest BCUT2D eigenvalue weighted by molar-refractivity contribution is 7.92. The third kappa shape index (κ3) is 4.46. The number of aromatic nitrogens is 2. The molecule has 6 nitrogen and oxygen atoms in total. The van der Waals surface area contributed by atoms with Crippen LogP contribution in [0.25, 0.3) is 0 Å². The van der Waals surface area contributed by atoms with Crippen molar-refractivity contribution in [2.75, 3.05) is 16.6 Å². The van der Waals surface area contributed by atoms with Gasteiger partial charge >= 0.3 is 0 Å². The van der Waals surface area contributed by atoms with E-state index in [2.05, 4.69) is 20.2 Å². The van der Waals surface area contributed by atoms with Crippen LogP contribution in [0.15, 0.2) is 53.4 Å². The van der Waals surface area contributed by atoms with Crippen molar-refractivity contribution in [2.24, 2.45) is 0 Å². The first-order valence-electron chi connectivity index (χ1n) is 8.48. The molecule has 3 N–H and O–H groups in total. The van der Waals surface area contributed by atoms with Crippen LogP contribution in [-0.4, -0.2) is 25.2 Å². The van der Waals surface area contributed by atoms with E-state index in [4.69, 9.17) is 0 Å². The van der Waals surface area contributed by atoms with Crippen LogP contribution < -0.4 is 10.0 Å². The first-order chi connectivity index (χ1) is 12.9. The maximum absolute atomic E-state index is 13.6. The highest BCUT2D eigenvalue weighted by Crippen LogP contribution is 2.22. The number of nitrogens with one attached hydrogen (secondary N) is 3. The topological polar surface area (TPSA) is 86.9 Å². The monoisotopic (exact) mass is 388 g/mol. The van der Waals surface area contributed by atoms with Crippen molar-refractivity contribution in [2.45, 2.75) is 25.2 Å². The third-order valence-corrected chi connectivity index (χ3v) is 5.79. The number of aromatic amines is 1. The van der Waals surface area contributed by atoms with E-state index in [1.165, 1.54) is 6.07 Å². The lowest BCUT2D eigenvalue weighted by Crippen LogP contribution is -2.14. The van der Waals surface area contributed by atoms with Gasteiger partial charge in [-0.05, 0) is 56.2 Å². The molecule has 0 aliphatic carbocycles. The Morgan fingerprint density at radius 1 is 1.04 bits per heavy atom. The van der Waals surface area contributed by atoms with Crippen LogP contribution in [0.3, 0.4) is 0 Å². The van der Waals surface area contributed by atoms with Crippen LogP contribution in [0.4, 0.5) is 15.8 Å². The normalized spacial score (nSPS) is 11.4. The average molecular weight is 388 g/mol. The van der Waals surface area contributed by atoms with Crippen molar-refractivity contribution in [1.82, 2.24) is 10.2 Å². The van der Waals surface area contributed by atoms with E-state index in [-0.39, 0.29) is 10.7 Å². The predicted octanol–water partition coefficient (Wildman–Crippen LogP) is 3.62. The van der Waals surface area contributed by atoms with Gasteiger partial charge in [-0.1, -0.05) is 18.2 Å². The minimum absolute atomic E-state index is 0.162. The zero-order valence-electron chi connectivity index (χ0n) is 15.1. The highest BCUT2D eigenvalue weighted by Gasteiger charge is 2.22. The van der Waals surface area contributed by atoms with Gasteiger partial charge in [-0.3, -0.25) is 9.82 Å². The summed E-state index contributed by atoms with van der Waals surface area (Å²) in [4.78, 5) is 0.162. The quantitative estimate of drug-likeness (QED) is 0.577. The second kappa shape index (κ2) is 7.79. The van der Waals surface area contributed by atoms with Crippen LogP contribution in [0.2, 0.25) is 0 Å². The minimum atomic E-state index is -3.71. The molecule has 0 atom stereocenters. The molecule has 27 heavy (non-hydrogen) atoms. The Kier molecular flexibility index (Phi) is 5.46. The Bertz CT molecular complexity index is 1010. The Morgan fingerprint density at radius 3 is 2.33 bits per heavy atom. The zero-order chi connectivity index (χ0) is 19.4. The summed E-state index contributed by atoms with van der Waals surface area (Å²) in [5.74, 6) is -0.214. The van der Waals surface area contributed by atoms with Crippen molar-refractivity contribution >= 4 is 21.4 Å². The molecular weight excluding hydrogens is 367 g/mol. The summed E-state index contributed by atoms with van der Waals surface area (Å²) in [6.45, 7) is 3.87. The molecule has 0 saturated heterocycles. The maximum atomic E-state index is 13.6. The van der Waals surface area contributed by atoms with Crippen LogP contribution >= 0.6 is 0 Å². The molecule has 0 aliphatic rings. The SMILES string of the molecule is Cc1n[nH]c(C)c1S(=O)(=O)Nc1ccc(NCCc2ccccc2F)cc1. The summed E-state index contributed by atoms with van der Waals surface area (Å²) in [7, 11) is -3.71. The van der Waals surface area contributed by atoms with Crippen LogP contribution in [0.5, 0.6) is 0 Å². The number of hydrogen-bond donors (Lipinski definition) is 3. The van der Waals surface area contributed by atoms with Crippen molar-refractivity contribution in [3.63, 3.8) is 0 Å². The van der Waals surface area contributed by atoms with Gasteiger partial charge in [0.1, 0.15) is 10.7 Å². The standard InChI is InChI=1S/C19H21FN4O2S/c1-13-19(14(2)23-22-13)27(25,26)24-17-9-7-16(8-10-17)21-12-11-15-5-3-4-6-18(15)20/h3-10,21,24H,11-12H2,1-2H3,(H,22,23). The first-order valence-corrected chi connectivity index (χ1v) is 9.97. The van der Waals surface area contributed by atoms with Crippen molar-refractivity contribution in [3.8, 4) is 0 Å². The largest absolute Gasteiger partial charge is 0.385 e.